The molecule has 0 saturated heterocycles. The van der Waals surface area contributed by atoms with Crippen LogP contribution in [0.2, 0.25) is 0 Å². The van der Waals surface area contributed by atoms with E-state index < -0.39 is 5.91 Å². The van der Waals surface area contributed by atoms with Crippen molar-refractivity contribution in [1.82, 2.24) is 9.97 Å². The van der Waals surface area contributed by atoms with Crippen molar-refractivity contribution in [3.8, 4) is 11.5 Å². The molecule has 1 aromatic carbocycles. The highest BCUT2D eigenvalue weighted by atomic mass is 16.7. The number of nitrogens with one attached hydrogen (secondary N) is 1. The van der Waals surface area contributed by atoms with Gasteiger partial charge in [0.1, 0.15) is 5.69 Å². The number of aromatic nitrogens is 2. The molecular weight excluding hydrogens is 248 g/mol. The summed E-state index contributed by atoms with van der Waals surface area (Å²) in [6.45, 7) is 0.149. The van der Waals surface area contributed by atoms with E-state index in [2.05, 4.69) is 15.3 Å². The van der Waals surface area contributed by atoms with Gasteiger partial charge in [-0.2, -0.15) is 0 Å². The number of ether oxygens (including phenoxy) is 2. The van der Waals surface area contributed by atoms with Crippen LogP contribution in [-0.2, 0) is 0 Å². The zero-order chi connectivity index (χ0) is 13.2. The normalized spacial score (nSPS) is 12.2. The van der Waals surface area contributed by atoms with Gasteiger partial charge in [0, 0.05) is 24.5 Å². The maximum absolute atomic E-state index is 11.9. The van der Waals surface area contributed by atoms with Crippen LogP contribution in [0.3, 0.4) is 0 Å². The van der Waals surface area contributed by atoms with E-state index in [0.29, 0.717) is 22.9 Å². The molecule has 1 aliphatic rings. The second-order valence-corrected chi connectivity index (χ2v) is 3.84. The molecule has 19 heavy (non-hydrogen) atoms. The largest absolute Gasteiger partial charge is 0.454 e. The van der Waals surface area contributed by atoms with Crippen molar-refractivity contribution in [3.05, 3.63) is 36.4 Å². The Morgan fingerprint density at radius 2 is 2.05 bits per heavy atom. The van der Waals surface area contributed by atoms with E-state index in [4.69, 9.17) is 15.2 Å². The number of benzene rings is 1. The third-order valence-electron chi connectivity index (χ3n) is 2.59. The van der Waals surface area contributed by atoms with E-state index in [1.165, 1.54) is 18.6 Å². The average molecular weight is 258 g/mol. The molecule has 0 saturated carbocycles. The summed E-state index contributed by atoms with van der Waals surface area (Å²) in [5.41, 5.74) is 6.88. The van der Waals surface area contributed by atoms with Gasteiger partial charge in [0.2, 0.25) is 6.79 Å². The van der Waals surface area contributed by atoms with Crippen molar-refractivity contribution in [2.24, 2.45) is 0 Å². The van der Waals surface area contributed by atoms with Crippen LogP contribution < -0.4 is 20.5 Å². The molecule has 1 amide bonds. The number of hydrogen-bond donors (Lipinski definition) is 2. The summed E-state index contributed by atoms with van der Waals surface area (Å²) in [4.78, 5) is 19.7. The van der Waals surface area contributed by atoms with Gasteiger partial charge in [0.05, 0.1) is 17.6 Å². The zero-order valence-electron chi connectivity index (χ0n) is 9.79. The second-order valence-electron chi connectivity index (χ2n) is 3.84. The van der Waals surface area contributed by atoms with E-state index in [9.17, 15) is 4.79 Å². The third-order valence-corrected chi connectivity index (χ3v) is 2.59. The number of rotatable bonds is 2. The molecule has 2 heterocycles. The third kappa shape index (κ3) is 2.13. The minimum atomic E-state index is -0.390. The lowest BCUT2D eigenvalue weighted by molar-refractivity contribution is 0.102. The summed E-state index contributed by atoms with van der Waals surface area (Å²) in [5, 5.41) is 2.65. The smallest absolute Gasteiger partial charge is 0.275 e. The quantitative estimate of drug-likeness (QED) is 0.781. The van der Waals surface area contributed by atoms with Gasteiger partial charge in [0.25, 0.3) is 5.91 Å². The molecule has 1 aromatic heterocycles. The Balaban J connectivity index is 1.86. The molecule has 1 aliphatic heterocycles. The van der Waals surface area contributed by atoms with Crippen LogP contribution >= 0.6 is 0 Å². The number of carbonyl (C=O) groups is 1. The molecule has 0 atom stereocenters. The highest BCUT2D eigenvalue weighted by Gasteiger charge is 2.17. The van der Waals surface area contributed by atoms with Gasteiger partial charge in [0.15, 0.2) is 11.5 Å². The highest BCUT2D eigenvalue weighted by molar-refractivity contribution is 6.04. The summed E-state index contributed by atoms with van der Waals surface area (Å²) in [6, 6.07) is 3.22. The molecular formula is C12H10N4O3. The summed E-state index contributed by atoms with van der Waals surface area (Å²) in [5.74, 6) is 0.720. The van der Waals surface area contributed by atoms with Crippen molar-refractivity contribution in [2.75, 3.05) is 17.8 Å². The maximum atomic E-state index is 11.9. The maximum Gasteiger partial charge on any atom is 0.275 e. The van der Waals surface area contributed by atoms with Crippen molar-refractivity contribution in [3.63, 3.8) is 0 Å². The Kier molecular flexibility index (Phi) is 2.64. The van der Waals surface area contributed by atoms with Gasteiger partial charge in [-0.1, -0.05) is 0 Å². The van der Waals surface area contributed by atoms with Crippen LogP contribution in [0.4, 0.5) is 11.4 Å². The SMILES string of the molecule is Nc1cc2c(cc1NC(=O)c1cnccn1)OCO2. The minimum Gasteiger partial charge on any atom is -0.454 e. The number of fused-ring (bicyclic) bond motifs is 1. The van der Waals surface area contributed by atoms with Gasteiger partial charge in [-0.25, -0.2) is 4.98 Å². The van der Waals surface area contributed by atoms with Gasteiger partial charge < -0.3 is 20.5 Å². The fraction of sp³-hybridized carbons (Fsp3) is 0.0833. The number of nitrogens with two attached hydrogens (primary N) is 1. The lowest BCUT2D eigenvalue weighted by Crippen LogP contribution is -2.14. The van der Waals surface area contributed by atoms with E-state index in [0.717, 1.165) is 0 Å². The number of nitrogens with zero attached hydrogens (tertiary/aromatic N) is 2. The molecule has 0 fully saturated rings. The molecule has 2 aromatic rings. The lowest BCUT2D eigenvalue weighted by atomic mass is 10.2. The monoisotopic (exact) mass is 258 g/mol. The number of carbonyl (C=O) groups excluding carboxylic acids is 1. The van der Waals surface area contributed by atoms with Gasteiger partial charge in [-0.05, 0) is 0 Å². The number of hydrogen-bond acceptors (Lipinski definition) is 6. The predicted octanol–water partition coefficient (Wildman–Crippen LogP) is 1.04. The topological polar surface area (TPSA) is 99.4 Å². The van der Waals surface area contributed by atoms with Crippen molar-refractivity contribution >= 4 is 17.3 Å². The first-order valence-electron chi connectivity index (χ1n) is 5.50. The molecule has 3 N–H and O–H groups in total. The fourth-order valence-electron chi connectivity index (χ4n) is 1.67. The first-order chi connectivity index (χ1) is 9.24. The first-order valence-corrected chi connectivity index (χ1v) is 5.50. The van der Waals surface area contributed by atoms with Crippen molar-refractivity contribution < 1.29 is 14.3 Å². The Morgan fingerprint density at radius 1 is 1.26 bits per heavy atom. The first kappa shape index (κ1) is 11.3. The zero-order valence-corrected chi connectivity index (χ0v) is 9.79. The second kappa shape index (κ2) is 4.45. The molecule has 0 unspecified atom stereocenters. The average Bonchev–Trinajstić information content (AvgIpc) is 2.87. The Hall–Kier alpha value is -2.83. The fourth-order valence-corrected chi connectivity index (χ4v) is 1.67. The van der Waals surface area contributed by atoms with E-state index in [-0.39, 0.29) is 12.5 Å². The van der Waals surface area contributed by atoms with Crippen LogP contribution in [0.15, 0.2) is 30.7 Å². The van der Waals surface area contributed by atoms with Gasteiger partial charge >= 0.3 is 0 Å². The number of anilines is 2. The van der Waals surface area contributed by atoms with Crippen LogP contribution in [0, 0.1) is 0 Å². The molecule has 0 radical (unpaired) electrons. The van der Waals surface area contributed by atoms with Crippen LogP contribution in [0.25, 0.3) is 0 Å². The summed E-state index contributed by atoms with van der Waals surface area (Å²) < 4.78 is 10.4. The van der Waals surface area contributed by atoms with Crippen LogP contribution in [0.1, 0.15) is 10.5 Å². The van der Waals surface area contributed by atoms with Gasteiger partial charge in [-0.15, -0.1) is 0 Å². The molecule has 0 bridgehead atoms. The Bertz CT molecular complexity index is 630. The highest BCUT2D eigenvalue weighted by Crippen LogP contribution is 2.38. The molecule has 7 nitrogen and oxygen atoms in total. The summed E-state index contributed by atoms with van der Waals surface area (Å²) in [7, 11) is 0. The summed E-state index contributed by atoms with van der Waals surface area (Å²) in [6.07, 6.45) is 4.31. The van der Waals surface area contributed by atoms with Crippen molar-refractivity contribution in [1.29, 1.82) is 0 Å². The minimum absolute atomic E-state index is 0.149. The molecule has 0 aliphatic carbocycles. The summed E-state index contributed by atoms with van der Waals surface area (Å²) >= 11 is 0. The predicted molar refractivity (Wildman–Crippen MR) is 67.0 cm³/mol. The molecule has 3 rings (SSSR count). The number of nitrogen functional groups attached to an aromatic ring is 1. The van der Waals surface area contributed by atoms with E-state index in [1.54, 1.807) is 12.1 Å². The molecule has 96 valence electrons. The molecule has 7 heteroatoms. The van der Waals surface area contributed by atoms with Crippen molar-refractivity contribution in [2.45, 2.75) is 0 Å². The van der Waals surface area contributed by atoms with E-state index in [1.807, 2.05) is 0 Å². The Morgan fingerprint density at radius 3 is 2.79 bits per heavy atom. The van der Waals surface area contributed by atoms with Crippen LogP contribution in [-0.4, -0.2) is 22.7 Å². The van der Waals surface area contributed by atoms with E-state index >= 15 is 0 Å². The Labute approximate surface area is 108 Å². The van der Waals surface area contributed by atoms with Gasteiger partial charge in [-0.3, -0.25) is 9.78 Å². The molecule has 0 spiro atoms. The standard InChI is InChI=1S/C12H10N4O3/c13-7-3-10-11(19-6-18-10)4-8(7)16-12(17)9-5-14-1-2-15-9/h1-5H,6,13H2,(H,16,17). The lowest BCUT2D eigenvalue weighted by Gasteiger charge is -2.08. The van der Waals surface area contributed by atoms with Crippen LogP contribution in [0.5, 0.6) is 11.5 Å². The number of amides is 1.